The number of allylic oxidation sites excluding steroid dienone is 1. The molecule has 0 bridgehead atoms. The van der Waals surface area contributed by atoms with Crippen LogP contribution < -0.4 is 10.2 Å². The van der Waals surface area contributed by atoms with Gasteiger partial charge in [-0.05, 0) is 49.9 Å². The van der Waals surface area contributed by atoms with Crippen LogP contribution in [0.3, 0.4) is 0 Å². The number of hydrogen-bond donors (Lipinski definition) is 1. The Bertz CT molecular complexity index is 1840. The van der Waals surface area contributed by atoms with E-state index in [2.05, 4.69) is 10.2 Å². The van der Waals surface area contributed by atoms with Gasteiger partial charge in [0, 0.05) is 78.7 Å². The van der Waals surface area contributed by atoms with E-state index in [0.29, 0.717) is 43.0 Å². The second kappa shape index (κ2) is 14.5. The summed E-state index contributed by atoms with van der Waals surface area (Å²) < 4.78 is 31.9. The molecule has 6 rings (SSSR count). The molecule has 0 aliphatic carbocycles. The van der Waals surface area contributed by atoms with Crippen molar-refractivity contribution in [3.8, 4) is 11.1 Å². The van der Waals surface area contributed by atoms with Gasteiger partial charge >= 0.3 is 0 Å². The van der Waals surface area contributed by atoms with Crippen molar-refractivity contribution >= 4 is 47.1 Å². The summed E-state index contributed by atoms with van der Waals surface area (Å²) in [6.45, 7) is 3.88. The summed E-state index contributed by atoms with van der Waals surface area (Å²) in [5, 5.41) is 2.91. The molecule has 1 fully saturated rings. The second-order valence-electron chi connectivity index (χ2n) is 12.0. The van der Waals surface area contributed by atoms with E-state index in [0.717, 1.165) is 11.6 Å². The van der Waals surface area contributed by atoms with Crippen LogP contribution in [0.5, 0.6) is 0 Å². The van der Waals surface area contributed by atoms with Crippen molar-refractivity contribution < 1.29 is 23.2 Å². The molecule has 48 heavy (non-hydrogen) atoms. The maximum Gasteiger partial charge on any atom is 0.275 e. The smallest absolute Gasteiger partial charge is 0.275 e. The summed E-state index contributed by atoms with van der Waals surface area (Å²) in [6.07, 6.45) is 0.369. The SMILES string of the molecule is Cc1ccc(-c2c(C(=O)Nc3ccccc3)cccc2C(=O)N2CCC(F)(F)C(=CC(=O)N3CCN(C)CC3)c3ccccc32)cc1.Cl. The zero-order chi connectivity index (χ0) is 33.1. The predicted molar refractivity (Wildman–Crippen MR) is 188 cm³/mol. The minimum absolute atomic E-state index is 0. The van der Waals surface area contributed by atoms with E-state index in [1.807, 2.05) is 56.4 Å². The van der Waals surface area contributed by atoms with Crippen LogP contribution in [-0.2, 0) is 4.79 Å². The third-order valence-electron chi connectivity index (χ3n) is 8.77. The minimum atomic E-state index is -3.37. The maximum atomic E-state index is 16.0. The molecule has 2 aliphatic rings. The summed E-state index contributed by atoms with van der Waals surface area (Å²) in [7, 11) is 1.96. The zero-order valence-electron chi connectivity index (χ0n) is 26.8. The number of amides is 3. The largest absolute Gasteiger partial charge is 0.337 e. The van der Waals surface area contributed by atoms with Gasteiger partial charge < -0.3 is 20.0 Å². The Labute approximate surface area is 285 Å². The number of likely N-dealkylation sites (N-methyl/N-ethyl adjacent to an activating group) is 1. The standard InChI is InChI=1S/C38H36F2N4O3.ClH/c1-26-15-17-27(18-16-26)35-30(36(46)41-28-9-4-3-5-10-28)12-8-13-31(35)37(47)44-20-19-38(39,40)32(29-11-6-7-14-33(29)44)25-34(45)43-23-21-42(2)22-24-43;/h3-18,25H,19-24H2,1-2H3,(H,41,46);1H. The number of para-hydroxylation sites is 2. The molecule has 7 nitrogen and oxygen atoms in total. The molecule has 1 N–H and O–H groups in total. The Hall–Kier alpha value is -4.86. The molecule has 4 aromatic carbocycles. The van der Waals surface area contributed by atoms with E-state index in [-0.39, 0.29) is 41.3 Å². The number of anilines is 2. The average molecular weight is 671 g/mol. The third kappa shape index (κ3) is 7.17. The fourth-order valence-corrected chi connectivity index (χ4v) is 6.09. The van der Waals surface area contributed by atoms with Crippen molar-refractivity contribution in [2.45, 2.75) is 19.3 Å². The molecule has 4 aromatic rings. The van der Waals surface area contributed by atoms with E-state index in [1.54, 1.807) is 53.4 Å². The fraction of sp³-hybridized carbons (Fsp3) is 0.237. The highest BCUT2D eigenvalue weighted by molar-refractivity contribution is 6.17. The van der Waals surface area contributed by atoms with Crippen molar-refractivity contribution in [1.29, 1.82) is 0 Å². The molecule has 1 saturated heterocycles. The van der Waals surface area contributed by atoms with E-state index < -0.39 is 35.6 Å². The highest BCUT2D eigenvalue weighted by Crippen LogP contribution is 2.44. The molecule has 0 radical (unpaired) electrons. The van der Waals surface area contributed by atoms with Crippen molar-refractivity contribution in [2.75, 3.05) is 50.0 Å². The number of fused-ring (bicyclic) bond motifs is 1. The summed E-state index contributed by atoms with van der Waals surface area (Å²) >= 11 is 0. The summed E-state index contributed by atoms with van der Waals surface area (Å²) in [6, 6.07) is 27.9. The van der Waals surface area contributed by atoms with Crippen LogP contribution in [-0.4, -0.2) is 73.2 Å². The van der Waals surface area contributed by atoms with Gasteiger partial charge in [0.2, 0.25) is 5.91 Å². The minimum Gasteiger partial charge on any atom is -0.337 e. The number of aryl methyl sites for hydroxylation is 1. The lowest BCUT2D eigenvalue weighted by atomic mass is 9.92. The van der Waals surface area contributed by atoms with E-state index in [4.69, 9.17) is 0 Å². The Kier molecular flexibility index (Phi) is 10.4. The monoisotopic (exact) mass is 670 g/mol. The number of benzene rings is 4. The van der Waals surface area contributed by atoms with Gasteiger partial charge in [0.1, 0.15) is 0 Å². The lowest BCUT2D eigenvalue weighted by Gasteiger charge is -2.32. The molecule has 248 valence electrons. The Morgan fingerprint density at radius 1 is 0.771 bits per heavy atom. The van der Waals surface area contributed by atoms with E-state index in [1.165, 1.54) is 11.0 Å². The van der Waals surface area contributed by atoms with Crippen molar-refractivity contribution in [3.05, 3.63) is 125 Å². The van der Waals surface area contributed by atoms with Crippen LogP contribution in [0.4, 0.5) is 20.2 Å². The van der Waals surface area contributed by atoms with Crippen LogP contribution in [0.15, 0.2) is 103 Å². The summed E-state index contributed by atoms with van der Waals surface area (Å²) in [4.78, 5) is 46.5. The normalized spacial score (nSPS) is 16.8. The van der Waals surface area contributed by atoms with Gasteiger partial charge in [-0.25, -0.2) is 8.78 Å². The van der Waals surface area contributed by atoms with E-state index >= 15 is 8.78 Å². The van der Waals surface area contributed by atoms with Crippen LogP contribution in [0.25, 0.3) is 16.7 Å². The summed E-state index contributed by atoms with van der Waals surface area (Å²) in [5.74, 6) is -4.77. The number of nitrogens with one attached hydrogen (secondary N) is 1. The quantitative estimate of drug-likeness (QED) is 0.229. The number of carbonyl (C=O) groups is 3. The van der Waals surface area contributed by atoms with Crippen LogP contribution in [0, 0.1) is 6.92 Å². The van der Waals surface area contributed by atoms with E-state index in [9.17, 15) is 14.4 Å². The van der Waals surface area contributed by atoms with Crippen LogP contribution in [0.1, 0.15) is 38.3 Å². The average Bonchev–Trinajstić information content (AvgIpc) is 3.18. The number of nitrogens with zero attached hydrogens (tertiary/aromatic N) is 3. The molecule has 0 saturated carbocycles. The predicted octanol–water partition coefficient (Wildman–Crippen LogP) is 7.18. The summed E-state index contributed by atoms with van der Waals surface area (Å²) in [5.41, 5.74) is 3.12. The molecular formula is C38H37ClF2N4O3. The molecule has 10 heteroatoms. The lowest BCUT2D eigenvalue weighted by Crippen LogP contribution is -2.46. The number of hydrogen-bond acceptors (Lipinski definition) is 4. The van der Waals surface area contributed by atoms with Crippen LogP contribution >= 0.6 is 12.4 Å². The highest BCUT2D eigenvalue weighted by Gasteiger charge is 2.42. The first kappa shape index (κ1) is 34.5. The first-order valence-corrected chi connectivity index (χ1v) is 15.7. The number of rotatable bonds is 5. The van der Waals surface area contributed by atoms with Gasteiger partial charge in [0.05, 0.1) is 5.69 Å². The second-order valence-corrected chi connectivity index (χ2v) is 12.0. The zero-order valence-corrected chi connectivity index (χ0v) is 27.6. The molecule has 0 atom stereocenters. The van der Waals surface area contributed by atoms with Gasteiger partial charge in [-0.3, -0.25) is 14.4 Å². The number of carbonyl (C=O) groups excluding carboxylic acids is 3. The van der Waals surface area contributed by atoms with Gasteiger partial charge in [0.15, 0.2) is 0 Å². The Balaban J connectivity index is 0.00000451. The lowest BCUT2D eigenvalue weighted by molar-refractivity contribution is -0.127. The molecule has 2 aliphatic heterocycles. The molecular weight excluding hydrogens is 634 g/mol. The maximum absolute atomic E-state index is 16.0. The van der Waals surface area contributed by atoms with Gasteiger partial charge in [0.25, 0.3) is 17.7 Å². The molecule has 0 spiro atoms. The molecule has 3 amide bonds. The number of halogens is 3. The van der Waals surface area contributed by atoms with Crippen LogP contribution in [0.2, 0.25) is 0 Å². The molecule has 2 heterocycles. The van der Waals surface area contributed by atoms with Crippen molar-refractivity contribution in [2.24, 2.45) is 0 Å². The van der Waals surface area contributed by atoms with Crippen molar-refractivity contribution in [1.82, 2.24) is 9.80 Å². The highest BCUT2D eigenvalue weighted by atomic mass is 35.5. The topological polar surface area (TPSA) is 73.0 Å². The van der Waals surface area contributed by atoms with Crippen molar-refractivity contribution in [3.63, 3.8) is 0 Å². The Morgan fingerprint density at radius 2 is 1.42 bits per heavy atom. The third-order valence-corrected chi connectivity index (χ3v) is 8.77. The van der Waals surface area contributed by atoms with Gasteiger partial charge in [-0.15, -0.1) is 12.4 Å². The molecule has 0 unspecified atom stereocenters. The fourth-order valence-electron chi connectivity index (χ4n) is 6.09. The van der Waals surface area contributed by atoms with Gasteiger partial charge in [-0.2, -0.15) is 0 Å². The Morgan fingerprint density at radius 3 is 2.12 bits per heavy atom. The molecule has 0 aromatic heterocycles. The number of alkyl halides is 2. The first-order valence-electron chi connectivity index (χ1n) is 15.7. The first-order chi connectivity index (χ1) is 22.6. The van der Waals surface area contributed by atoms with Gasteiger partial charge in [-0.1, -0.05) is 72.3 Å². The number of piperazine rings is 1.